The number of nitrogens with two attached hydrogens (primary N) is 1. The van der Waals surface area contributed by atoms with Crippen LogP contribution in [-0.4, -0.2) is 37.8 Å². The molecule has 1 atom stereocenters. The minimum absolute atomic E-state index is 0.0566. The molecule has 0 fully saturated rings. The van der Waals surface area contributed by atoms with E-state index in [9.17, 15) is 4.39 Å². The fourth-order valence-corrected chi connectivity index (χ4v) is 2.66. The van der Waals surface area contributed by atoms with Crippen LogP contribution in [0.2, 0.25) is 0 Å². The van der Waals surface area contributed by atoms with Crippen LogP contribution in [0.1, 0.15) is 10.8 Å². The maximum absolute atomic E-state index is 13.5. The van der Waals surface area contributed by atoms with Crippen molar-refractivity contribution in [1.29, 1.82) is 0 Å². The number of benzene rings is 1. The van der Waals surface area contributed by atoms with Gasteiger partial charge in [-0.05, 0) is 20.2 Å². The Morgan fingerprint density at radius 2 is 2.06 bits per heavy atom. The van der Waals surface area contributed by atoms with Crippen molar-refractivity contribution in [3.8, 4) is 0 Å². The molecule has 2 nitrogen and oxygen atoms in total. The van der Waals surface area contributed by atoms with Crippen LogP contribution in [0.4, 0.5) is 4.39 Å². The molecule has 2 N–H and O–H groups in total. The number of thioether (sulfide) groups is 1. The molecule has 0 aliphatic heterocycles. The lowest BCUT2D eigenvalue weighted by Crippen LogP contribution is -2.17. The van der Waals surface area contributed by atoms with Crippen molar-refractivity contribution in [2.24, 2.45) is 5.73 Å². The number of nitrogens with zero attached hydrogens (tertiary/aromatic N) is 1. The topological polar surface area (TPSA) is 29.3 Å². The second-order valence-corrected chi connectivity index (χ2v) is 5.23. The Morgan fingerprint density at radius 1 is 1.38 bits per heavy atom. The van der Waals surface area contributed by atoms with Gasteiger partial charge in [0.25, 0.3) is 0 Å². The molecule has 0 aliphatic rings. The molecule has 0 bridgehead atoms. The quantitative estimate of drug-likeness (QED) is 0.828. The van der Waals surface area contributed by atoms with Gasteiger partial charge in [-0.25, -0.2) is 4.39 Å². The van der Waals surface area contributed by atoms with Gasteiger partial charge in [-0.15, -0.1) is 0 Å². The van der Waals surface area contributed by atoms with E-state index >= 15 is 0 Å². The molecule has 0 spiro atoms. The molecule has 0 heterocycles. The first kappa shape index (κ1) is 13.5. The monoisotopic (exact) mass is 242 g/mol. The molecule has 0 aromatic heterocycles. The van der Waals surface area contributed by atoms with Crippen molar-refractivity contribution in [3.05, 3.63) is 35.6 Å². The summed E-state index contributed by atoms with van der Waals surface area (Å²) in [6, 6.07) is 6.87. The number of hydrogen-bond donors (Lipinski definition) is 1. The smallest absolute Gasteiger partial charge is 0.127 e. The molecule has 0 saturated heterocycles. The predicted molar refractivity (Wildman–Crippen MR) is 69.2 cm³/mol. The fourth-order valence-electron chi connectivity index (χ4n) is 1.40. The summed E-state index contributed by atoms with van der Waals surface area (Å²) < 4.78 is 13.5. The van der Waals surface area contributed by atoms with Crippen molar-refractivity contribution in [2.45, 2.75) is 5.25 Å². The molecule has 16 heavy (non-hydrogen) atoms. The Morgan fingerprint density at radius 3 is 2.62 bits per heavy atom. The minimum Gasteiger partial charge on any atom is -0.329 e. The third-order valence-corrected chi connectivity index (χ3v) is 3.59. The van der Waals surface area contributed by atoms with Crippen LogP contribution in [0.3, 0.4) is 0 Å². The van der Waals surface area contributed by atoms with Crippen LogP contribution in [0.15, 0.2) is 24.3 Å². The van der Waals surface area contributed by atoms with E-state index in [2.05, 4.69) is 4.90 Å². The SMILES string of the molecule is CN(C)CCSC(CN)c1ccccc1F. The Bertz CT molecular complexity index is 318. The van der Waals surface area contributed by atoms with Crippen LogP contribution < -0.4 is 5.73 Å². The average molecular weight is 242 g/mol. The van der Waals surface area contributed by atoms with Gasteiger partial charge in [-0.1, -0.05) is 18.2 Å². The van der Waals surface area contributed by atoms with E-state index in [4.69, 9.17) is 5.73 Å². The van der Waals surface area contributed by atoms with Gasteiger partial charge in [0.1, 0.15) is 5.82 Å². The van der Waals surface area contributed by atoms with E-state index in [0.717, 1.165) is 12.3 Å². The molecule has 1 aromatic rings. The molecular weight excluding hydrogens is 223 g/mol. The summed E-state index contributed by atoms with van der Waals surface area (Å²) in [4.78, 5) is 2.11. The number of rotatable bonds is 6. The lowest BCUT2D eigenvalue weighted by Gasteiger charge is -2.17. The summed E-state index contributed by atoms with van der Waals surface area (Å²) in [6.07, 6.45) is 0. The van der Waals surface area contributed by atoms with Crippen LogP contribution in [0.5, 0.6) is 0 Å². The molecule has 0 aliphatic carbocycles. The number of halogens is 1. The van der Waals surface area contributed by atoms with Gasteiger partial charge in [0.2, 0.25) is 0 Å². The molecule has 1 unspecified atom stereocenters. The summed E-state index contributed by atoms with van der Waals surface area (Å²) in [5.74, 6) is 0.804. The largest absolute Gasteiger partial charge is 0.329 e. The van der Waals surface area contributed by atoms with Gasteiger partial charge < -0.3 is 10.6 Å². The highest BCUT2D eigenvalue weighted by Crippen LogP contribution is 2.29. The Kier molecular flexibility index (Phi) is 5.80. The second-order valence-electron chi connectivity index (χ2n) is 3.92. The zero-order chi connectivity index (χ0) is 12.0. The lowest BCUT2D eigenvalue weighted by atomic mass is 10.1. The Hall–Kier alpha value is -0.580. The van der Waals surface area contributed by atoms with Crippen LogP contribution in [-0.2, 0) is 0 Å². The summed E-state index contributed by atoms with van der Waals surface area (Å²) in [6.45, 7) is 1.45. The first-order valence-electron chi connectivity index (χ1n) is 5.36. The third-order valence-electron chi connectivity index (χ3n) is 2.32. The molecule has 0 amide bonds. The van der Waals surface area contributed by atoms with Gasteiger partial charge in [0, 0.05) is 29.7 Å². The van der Waals surface area contributed by atoms with Gasteiger partial charge in [0.15, 0.2) is 0 Å². The van der Waals surface area contributed by atoms with Gasteiger partial charge in [-0.2, -0.15) is 11.8 Å². The zero-order valence-electron chi connectivity index (χ0n) is 9.82. The number of hydrogen-bond acceptors (Lipinski definition) is 3. The molecule has 1 rings (SSSR count). The Labute approximate surface area is 101 Å². The lowest BCUT2D eigenvalue weighted by molar-refractivity contribution is 0.437. The fraction of sp³-hybridized carbons (Fsp3) is 0.500. The molecule has 0 saturated carbocycles. The highest BCUT2D eigenvalue weighted by atomic mass is 32.2. The van der Waals surface area contributed by atoms with Crippen LogP contribution >= 0.6 is 11.8 Å². The molecule has 90 valence electrons. The van der Waals surface area contributed by atoms with Crippen molar-refractivity contribution in [3.63, 3.8) is 0 Å². The maximum Gasteiger partial charge on any atom is 0.127 e. The van der Waals surface area contributed by atoms with E-state index in [-0.39, 0.29) is 11.1 Å². The minimum atomic E-state index is -0.157. The maximum atomic E-state index is 13.5. The highest BCUT2D eigenvalue weighted by molar-refractivity contribution is 7.99. The van der Waals surface area contributed by atoms with Gasteiger partial charge >= 0.3 is 0 Å². The van der Waals surface area contributed by atoms with E-state index in [1.165, 1.54) is 6.07 Å². The third kappa shape index (κ3) is 4.12. The summed E-state index contributed by atoms with van der Waals surface area (Å²) in [7, 11) is 4.06. The Balaban J connectivity index is 2.57. The van der Waals surface area contributed by atoms with Crippen molar-refractivity contribution >= 4 is 11.8 Å². The van der Waals surface area contributed by atoms with Crippen molar-refractivity contribution in [2.75, 3.05) is 32.9 Å². The van der Waals surface area contributed by atoms with E-state index < -0.39 is 0 Å². The first-order chi connectivity index (χ1) is 7.65. The first-order valence-corrected chi connectivity index (χ1v) is 6.41. The van der Waals surface area contributed by atoms with Crippen LogP contribution in [0.25, 0.3) is 0 Å². The van der Waals surface area contributed by atoms with E-state index in [1.807, 2.05) is 26.2 Å². The van der Waals surface area contributed by atoms with Crippen molar-refractivity contribution in [1.82, 2.24) is 4.90 Å². The molecular formula is C12H19FN2S. The normalized spacial score (nSPS) is 13.1. The second kappa shape index (κ2) is 6.89. The summed E-state index contributed by atoms with van der Waals surface area (Å²) in [5, 5.41) is 0.0566. The molecule has 4 heteroatoms. The predicted octanol–water partition coefficient (Wildman–Crippen LogP) is 2.12. The average Bonchev–Trinajstić information content (AvgIpc) is 2.25. The van der Waals surface area contributed by atoms with E-state index in [0.29, 0.717) is 12.1 Å². The van der Waals surface area contributed by atoms with Crippen molar-refractivity contribution < 1.29 is 4.39 Å². The molecule has 0 radical (unpaired) electrons. The van der Waals surface area contributed by atoms with Gasteiger partial charge in [-0.3, -0.25) is 0 Å². The standard InChI is InChI=1S/C12H19FN2S/c1-15(2)7-8-16-12(9-14)10-5-3-4-6-11(10)13/h3-6,12H,7-9,14H2,1-2H3. The van der Waals surface area contributed by atoms with Crippen LogP contribution in [0, 0.1) is 5.82 Å². The van der Waals surface area contributed by atoms with Gasteiger partial charge in [0.05, 0.1) is 0 Å². The summed E-state index contributed by atoms with van der Waals surface area (Å²) >= 11 is 1.71. The zero-order valence-corrected chi connectivity index (χ0v) is 10.6. The molecule has 1 aromatic carbocycles. The summed E-state index contributed by atoms with van der Waals surface area (Å²) in [5.41, 5.74) is 6.41. The highest BCUT2D eigenvalue weighted by Gasteiger charge is 2.13. The van der Waals surface area contributed by atoms with E-state index in [1.54, 1.807) is 17.8 Å².